The third kappa shape index (κ3) is 3.86. The molecule has 1 aromatic heterocycles. The molecule has 2 aliphatic rings. The highest BCUT2D eigenvalue weighted by Crippen LogP contribution is 2.28. The molecule has 1 N–H and O–H groups in total. The molecule has 0 radical (unpaired) electrons. The number of halogens is 3. The number of likely N-dealkylation sites (tertiary alicyclic amines) is 1. The number of rotatable bonds is 2. The number of hydrogen-bond donors (Lipinski definition) is 1. The SMILES string of the molecule is Cl.O=C(c1cnn(-c2ccc(Cl)cc2Cl)c1)N1CC[C@@H]2CNC[C@@H]2CC1. The first-order valence-corrected chi connectivity index (χ1v) is 9.37. The minimum atomic E-state index is 0. The van der Waals surface area contributed by atoms with E-state index in [-0.39, 0.29) is 18.3 Å². The predicted octanol–water partition coefficient (Wildman–Crippen LogP) is 3.67. The average Bonchev–Trinajstić information content (AvgIpc) is 3.20. The van der Waals surface area contributed by atoms with Gasteiger partial charge in [-0.15, -0.1) is 12.4 Å². The molecule has 2 fully saturated rings. The Bertz CT molecular complexity index is 780. The van der Waals surface area contributed by atoms with Crippen molar-refractivity contribution < 1.29 is 4.79 Å². The number of aromatic nitrogens is 2. The fourth-order valence-corrected chi connectivity index (χ4v) is 4.33. The summed E-state index contributed by atoms with van der Waals surface area (Å²) in [6, 6.07) is 5.23. The Balaban J connectivity index is 0.00000196. The lowest BCUT2D eigenvalue weighted by Gasteiger charge is -2.20. The number of nitrogens with one attached hydrogen (secondary N) is 1. The Kier molecular flexibility index (Phi) is 6.13. The Morgan fingerprint density at radius 1 is 1.15 bits per heavy atom. The average molecular weight is 416 g/mol. The minimum Gasteiger partial charge on any atom is -0.339 e. The fourth-order valence-electron chi connectivity index (χ4n) is 3.84. The number of amides is 1. The fraction of sp³-hybridized carbons (Fsp3) is 0.444. The molecule has 5 nitrogen and oxygen atoms in total. The van der Waals surface area contributed by atoms with Crippen LogP contribution in [0.1, 0.15) is 23.2 Å². The van der Waals surface area contributed by atoms with Crippen LogP contribution in [0.3, 0.4) is 0 Å². The van der Waals surface area contributed by atoms with Crippen molar-refractivity contribution >= 4 is 41.5 Å². The molecule has 2 aromatic rings. The van der Waals surface area contributed by atoms with E-state index in [1.54, 1.807) is 35.3 Å². The molecule has 0 unspecified atom stereocenters. The molecule has 3 heterocycles. The lowest BCUT2D eigenvalue weighted by Crippen LogP contribution is -2.32. The van der Waals surface area contributed by atoms with E-state index in [0.29, 0.717) is 33.1 Å². The van der Waals surface area contributed by atoms with E-state index < -0.39 is 0 Å². The molecular weight excluding hydrogens is 395 g/mol. The second kappa shape index (κ2) is 8.17. The van der Waals surface area contributed by atoms with E-state index >= 15 is 0 Å². The van der Waals surface area contributed by atoms with E-state index in [0.717, 1.165) is 39.0 Å². The Morgan fingerprint density at radius 3 is 2.50 bits per heavy atom. The highest BCUT2D eigenvalue weighted by Gasteiger charge is 2.31. The first-order chi connectivity index (χ1) is 12.1. The summed E-state index contributed by atoms with van der Waals surface area (Å²) >= 11 is 12.2. The van der Waals surface area contributed by atoms with E-state index in [1.165, 1.54) is 0 Å². The van der Waals surface area contributed by atoms with Crippen molar-refractivity contribution in [1.29, 1.82) is 0 Å². The summed E-state index contributed by atoms with van der Waals surface area (Å²) in [6.45, 7) is 3.79. The molecule has 0 aliphatic carbocycles. The first-order valence-electron chi connectivity index (χ1n) is 8.62. The van der Waals surface area contributed by atoms with Crippen molar-refractivity contribution in [2.45, 2.75) is 12.8 Å². The zero-order valence-electron chi connectivity index (χ0n) is 14.2. The van der Waals surface area contributed by atoms with Crippen LogP contribution >= 0.6 is 35.6 Å². The smallest absolute Gasteiger partial charge is 0.257 e. The molecule has 4 rings (SSSR count). The zero-order chi connectivity index (χ0) is 17.4. The highest BCUT2D eigenvalue weighted by molar-refractivity contribution is 6.35. The Labute approximate surface area is 169 Å². The van der Waals surface area contributed by atoms with Crippen LogP contribution in [0.15, 0.2) is 30.6 Å². The summed E-state index contributed by atoms with van der Waals surface area (Å²) in [5, 5.41) is 8.84. The number of fused-ring (bicyclic) bond motifs is 1. The second-order valence-electron chi connectivity index (χ2n) is 6.82. The van der Waals surface area contributed by atoms with Crippen LogP contribution in [0.4, 0.5) is 0 Å². The summed E-state index contributed by atoms with van der Waals surface area (Å²) in [6.07, 6.45) is 5.49. The monoisotopic (exact) mass is 414 g/mol. The number of hydrogen-bond acceptors (Lipinski definition) is 3. The van der Waals surface area contributed by atoms with Gasteiger partial charge in [0.25, 0.3) is 5.91 Å². The van der Waals surface area contributed by atoms with Gasteiger partial charge in [-0.25, -0.2) is 4.68 Å². The van der Waals surface area contributed by atoms with Gasteiger partial charge in [0.1, 0.15) is 0 Å². The number of nitrogens with zero attached hydrogens (tertiary/aromatic N) is 3. The predicted molar refractivity (Wildman–Crippen MR) is 106 cm³/mol. The Hall–Kier alpha value is -1.27. The molecule has 2 saturated heterocycles. The highest BCUT2D eigenvalue weighted by atomic mass is 35.5. The normalized spacial score (nSPS) is 22.5. The van der Waals surface area contributed by atoms with Gasteiger partial charge in [0.15, 0.2) is 0 Å². The van der Waals surface area contributed by atoms with Gasteiger partial charge in [-0.1, -0.05) is 23.2 Å². The Morgan fingerprint density at radius 2 is 1.85 bits per heavy atom. The molecule has 140 valence electrons. The van der Waals surface area contributed by atoms with E-state index in [9.17, 15) is 4.79 Å². The third-order valence-electron chi connectivity index (χ3n) is 5.29. The molecule has 1 aromatic carbocycles. The molecule has 8 heteroatoms. The molecule has 0 saturated carbocycles. The molecule has 2 aliphatic heterocycles. The lowest BCUT2D eigenvalue weighted by molar-refractivity contribution is 0.0758. The van der Waals surface area contributed by atoms with Crippen molar-refractivity contribution in [1.82, 2.24) is 20.0 Å². The maximum absolute atomic E-state index is 12.9. The number of benzene rings is 1. The van der Waals surface area contributed by atoms with Gasteiger partial charge in [0.05, 0.1) is 22.5 Å². The van der Waals surface area contributed by atoms with Gasteiger partial charge in [-0.3, -0.25) is 4.79 Å². The van der Waals surface area contributed by atoms with Crippen LogP contribution in [0, 0.1) is 11.8 Å². The minimum absolute atomic E-state index is 0. The van der Waals surface area contributed by atoms with Crippen LogP contribution < -0.4 is 5.32 Å². The van der Waals surface area contributed by atoms with Crippen LogP contribution in [0.25, 0.3) is 5.69 Å². The van der Waals surface area contributed by atoms with E-state index in [2.05, 4.69) is 10.4 Å². The van der Waals surface area contributed by atoms with Gasteiger partial charge in [-0.2, -0.15) is 5.10 Å². The molecule has 0 spiro atoms. The standard InChI is InChI=1S/C18H20Cl2N4O.ClH/c19-15-1-2-17(16(20)7-15)24-11-14(10-22-24)18(25)23-5-3-12-8-21-9-13(12)4-6-23;/h1-2,7,10-13,21H,3-6,8-9H2;1H/t12-,13+;. The quantitative estimate of drug-likeness (QED) is 0.814. The molecule has 0 bridgehead atoms. The molecule has 1 amide bonds. The largest absolute Gasteiger partial charge is 0.339 e. The summed E-state index contributed by atoms with van der Waals surface area (Å²) in [4.78, 5) is 14.8. The molecule has 26 heavy (non-hydrogen) atoms. The number of carbonyl (C=O) groups is 1. The van der Waals surface area contributed by atoms with Crippen molar-refractivity contribution in [2.24, 2.45) is 11.8 Å². The van der Waals surface area contributed by atoms with Gasteiger partial charge in [0.2, 0.25) is 0 Å². The van der Waals surface area contributed by atoms with Crippen molar-refractivity contribution in [3.8, 4) is 5.69 Å². The van der Waals surface area contributed by atoms with Crippen LogP contribution in [-0.4, -0.2) is 46.8 Å². The van der Waals surface area contributed by atoms with Gasteiger partial charge < -0.3 is 10.2 Å². The van der Waals surface area contributed by atoms with E-state index in [1.807, 2.05) is 4.90 Å². The van der Waals surface area contributed by atoms with Gasteiger partial charge >= 0.3 is 0 Å². The second-order valence-corrected chi connectivity index (χ2v) is 7.66. The maximum atomic E-state index is 12.9. The maximum Gasteiger partial charge on any atom is 0.257 e. The van der Waals surface area contributed by atoms with Crippen molar-refractivity contribution in [2.75, 3.05) is 26.2 Å². The summed E-state index contributed by atoms with van der Waals surface area (Å²) in [5.41, 5.74) is 1.30. The topological polar surface area (TPSA) is 50.2 Å². The van der Waals surface area contributed by atoms with Gasteiger partial charge in [0, 0.05) is 24.3 Å². The van der Waals surface area contributed by atoms with Crippen LogP contribution in [0.5, 0.6) is 0 Å². The molecular formula is C18H21Cl3N4O. The summed E-state index contributed by atoms with van der Waals surface area (Å²) < 4.78 is 1.63. The third-order valence-corrected chi connectivity index (χ3v) is 5.83. The van der Waals surface area contributed by atoms with E-state index in [4.69, 9.17) is 23.2 Å². The molecule has 2 atom stereocenters. The first kappa shape index (κ1) is 19.5. The van der Waals surface area contributed by atoms with Gasteiger partial charge in [-0.05, 0) is 56.0 Å². The summed E-state index contributed by atoms with van der Waals surface area (Å²) in [5.74, 6) is 1.45. The van der Waals surface area contributed by atoms with Crippen LogP contribution in [-0.2, 0) is 0 Å². The van der Waals surface area contributed by atoms with Crippen molar-refractivity contribution in [3.05, 3.63) is 46.2 Å². The lowest BCUT2D eigenvalue weighted by atomic mass is 9.92. The van der Waals surface area contributed by atoms with Crippen molar-refractivity contribution in [3.63, 3.8) is 0 Å². The zero-order valence-corrected chi connectivity index (χ0v) is 16.5. The number of carbonyl (C=O) groups excluding carboxylic acids is 1. The van der Waals surface area contributed by atoms with Crippen LogP contribution in [0.2, 0.25) is 10.0 Å². The summed E-state index contributed by atoms with van der Waals surface area (Å²) in [7, 11) is 0.